The monoisotopic (exact) mass is 413 g/mol. The van der Waals surface area contributed by atoms with E-state index in [0.29, 0.717) is 17.1 Å². The molecule has 13 heteroatoms. The molecule has 0 spiro atoms. The van der Waals surface area contributed by atoms with Crippen LogP contribution < -0.4 is 20.7 Å². The van der Waals surface area contributed by atoms with Crippen LogP contribution in [0.1, 0.15) is 10.5 Å². The summed E-state index contributed by atoms with van der Waals surface area (Å²) in [5.41, 5.74) is 0.804. The first-order chi connectivity index (χ1) is 14.5. The number of anilines is 3. The van der Waals surface area contributed by atoms with Crippen molar-refractivity contribution in [1.82, 2.24) is 35.3 Å². The second-order valence-corrected chi connectivity index (χ2v) is 5.79. The number of aromatic nitrogens is 6. The zero-order chi connectivity index (χ0) is 21.7. The Morgan fingerprint density at radius 1 is 1.17 bits per heavy atom. The summed E-state index contributed by atoms with van der Waals surface area (Å²) in [6.07, 6.45) is 2.36. The van der Waals surface area contributed by atoms with Crippen molar-refractivity contribution in [2.24, 2.45) is 7.05 Å². The van der Waals surface area contributed by atoms with Gasteiger partial charge in [0, 0.05) is 26.4 Å². The van der Waals surface area contributed by atoms with Crippen LogP contribution in [0, 0.1) is 0 Å². The molecular formula is C17H19N9O4. The number of ether oxygens (including phenoxy) is 2. The van der Waals surface area contributed by atoms with E-state index in [9.17, 15) is 9.59 Å². The van der Waals surface area contributed by atoms with Gasteiger partial charge in [-0.15, -0.1) is 10.2 Å². The van der Waals surface area contributed by atoms with Crippen molar-refractivity contribution in [2.75, 3.05) is 31.9 Å². The first-order valence-corrected chi connectivity index (χ1v) is 8.57. The zero-order valence-electron chi connectivity index (χ0n) is 16.6. The SMILES string of the molecule is CNC(=O)c1nnc(NC(=O)OC)cc1Nc1nccc(-c2ncn(C)n2)c1OC. The van der Waals surface area contributed by atoms with Crippen LogP contribution in [0.4, 0.5) is 22.1 Å². The highest BCUT2D eigenvalue weighted by Crippen LogP contribution is 2.35. The molecule has 0 unspecified atom stereocenters. The van der Waals surface area contributed by atoms with Gasteiger partial charge in [-0.25, -0.2) is 14.8 Å². The molecule has 3 rings (SSSR count). The summed E-state index contributed by atoms with van der Waals surface area (Å²) in [5.74, 6) is 0.650. The largest absolute Gasteiger partial charge is 0.492 e. The van der Waals surface area contributed by atoms with Crippen molar-refractivity contribution < 1.29 is 19.1 Å². The van der Waals surface area contributed by atoms with Gasteiger partial charge in [0.05, 0.1) is 25.5 Å². The molecule has 0 aliphatic heterocycles. The lowest BCUT2D eigenvalue weighted by Crippen LogP contribution is -2.22. The Morgan fingerprint density at radius 2 is 1.97 bits per heavy atom. The maximum absolute atomic E-state index is 12.2. The summed E-state index contributed by atoms with van der Waals surface area (Å²) >= 11 is 0. The maximum Gasteiger partial charge on any atom is 0.412 e. The molecule has 3 heterocycles. The van der Waals surface area contributed by atoms with Crippen molar-refractivity contribution >= 4 is 29.3 Å². The highest BCUT2D eigenvalue weighted by atomic mass is 16.5. The molecule has 156 valence electrons. The average molecular weight is 413 g/mol. The standard InChI is InChI=1S/C17H19N9O4/c1-18-16(27)12-10(7-11(23-24-12)22-17(28)30-4)21-15-13(29-3)9(5-6-19-15)14-20-8-26(2)25-14/h5-8H,1-4H3,(H,18,27)(H2,19,21,22,23,28). The van der Waals surface area contributed by atoms with E-state index in [0.717, 1.165) is 0 Å². The molecule has 3 N–H and O–H groups in total. The molecule has 30 heavy (non-hydrogen) atoms. The van der Waals surface area contributed by atoms with E-state index in [1.165, 1.54) is 27.3 Å². The average Bonchev–Trinajstić information content (AvgIpc) is 3.19. The first kappa shape index (κ1) is 20.4. The molecule has 0 aromatic carbocycles. The highest BCUT2D eigenvalue weighted by Gasteiger charge is 2.20. The molecule has 0 saturated heterocycles. The molecule has 3 aromatic rings. The van der Waals surface area contributed by atoms with Crippen LogP contribution in [0.3, 0.4) is 0 Å². The van der Waals surface area contributed by atoms with Gasteiger partial charge in [-0.05, 0) is 6.07 Å². The van der Waals surface area contributed by atoms with E-state index in [2.05, 4.69) is 46.0 Å². The van der Waals surface area contributed by atoms with Gasteiger partial charge in [0.2, 0.25) is 0 Å². The van der Waals surface area contributed by atoms with E-state index in [1.807, 2.05) is 0 Å². The fourth-order valence-electron chi connectivity index (χ4n) is 2.50. The molecule has 0 saturated carbocycles. The number of carbonyl (C=O) groups is 2. The Labute approximate surface area is 170 Å². The van der Waals surface area contributed by atoms with Crippen molar-refractivity contribution in [3.8, 4) is 17.1 Å². The lowest BCUT2D eigenvalue weighted by Gasteiger charge is -2.15. The number of aryl methyl sites for hydroxylation is 1. The minimum absolute atomic E-state index is 0.0156. The summed E-state index contributed by atoms with van der Waals surface area (Å²) in [4.78, 5) is 32.2. The third-order valence-corrected chi connectivity index (χ3v) is 3.85. The lowest BCUT2D eigenvalue weighted by molar-refractivity contribution is 0.0958. The van der Waals surface area contributed by atoms with Gasteiger partial charge in [0.15, 0.2) is 28.9 Å². The smallest absolute Gasteiger partial charge is 0.412 e. The predicted molar refractivity (Wildman–Crippen MR) is 106 cm³/mol. The normalized spacial score (nSPS) is 10.3. The van der Waals surface area contributed by atoms with Gasteiger partial charge < -0.3 is 20.1 Å². The van der Waals surface area contributed by atoms with Gasteiger partial charge in [-0.3, -0.25) is 14.8 Å². The van der Waals surface area contributed by atoms with E-state index in [-0.39, 0.29) is 23.0 Å². The van der Waals surface area contributed by atoms with Crippen LogP contribution in [-0.4, -0.2) is 63.2 Å². The highest BCUT2D eigenvalue weighted by molar-refractivity contribution is 5.99. The van der Waals surface area contributed by atoms with E-state index in [1.54, 1.807) is 30.3 Å². The molecule has 0 fully saturated rings. The molecular weight excluding hydrogens is 394 g/mol. The van der Waals surface area contributed by atoms with Gasteiger partial charge in [-0.1, -0.05) is 0 Å². The number of nitrogens with zero attached hydrogens (tertiary/aromatic N) is 6. The van der Waals surface area contributed by atoms with Gasteiger partial charge in [-0.2, -0.15) is 5.10 Å². The fraction of sp³-hybridized carbons (Fsp3) is 0.235. The lowest BCUT2D eigenvalue weighted by atomic mass is 10.2. The quantitative estimate of drug-likeness (QED) is 0.531. The molecule has 13 nitrogen and oxygen atoms in total. The van der Waals surface area contributed by atoms with Gasteiger partial charge >= 0.3 is 6.09 Å². The molecule has 0 radical (unpaired) electrons. The van der Waals surface area contributed by atoms with Crippen LogP contribution in [-0.2, 0) is 11.8 Å². The summed E-state index contributed by atoms with van der Waals surface area (Å²) < 4.78 is 11.6. The van der Waals surface area contributed by atoms with Crippen LogP contribution >= 0.6 is 0 Å². The molecule has 2 amide bonds. The number of amides is 2. The Bertz CT molecular complexity index is 1080. The predicted octanol–water partition coefficient (Wildman–Crippen LogP) is 0.957. The van der Waals surface area contributed by atoms with E-state index >= 15 is 0 Å². The van der Waals surface area contributed by atoms with Crippen LogP contribution in [0.5, 0.6) is 5.75 Å². The fourth-order valence-corrected chi connectivity index (χ4v) is 2.50. The summed E-state index contributed by atoms with van der Waals surface area (Å²) in [7, 11) is 5.90. The number of hydrogen-bond donors (Lipinski definition) is 3. The number of pyridine rings is 1. The van der Waals surface area contributed by atoms with Crippen LogP contribution in [0.2, 0.25) is 0 Å². The third-order valence-electron chi connectivity index (χ3n) is 3.85. The number of nitrogens with one attached hydrogen (secondary N) is 3. The Balaban J connectivity index is 2.05. The van der Waals surface area contributed by atoms with Gasteiger partial charge in [0.1, 0.15) is 6.33 Å². The Hall–Kier alpha value is -4.29. The number of rotatable bonds is 6. The molecule has 3 aromatic heterocycles. The Morgan fingerprint density at radius 3 is 2.60 bits per heavy atom. The first-order valence-electron chi connectivity index (χ1n) is 8.57. The molecule has 0 aliphatic carbocycles. The summed E-state index contributed by atoms with van der Waals surface area (Å²) in [6.45, 7) is 0. The van der Waals surface area contributed by atoms with Crippen LogP contribution in [0.15, 0.2) is 24.7 Å². The Kier molecular flexibility index (Phi) is 6.00. The number of carbonyl (C=O) groups excluding carboxylic acids is 2. The second kappa shape index (κ2) is 8.81. The van der Waals surface area contributed by atoms with E-state index in [4.69, 9.17) is 4.74 Å². The van der Waals surface area contributed by atoms with Gasteiger partial charge in [0.25, 0.3) is 5.91 Å². The van der Waals surface area contributed by atoms with Crippen molar-refractivity contribution in [2.45, 2.75) is 0 Å². The van der Waals surface area contributed by atoms with Crippen molar-refractivity contribution in [1.29, 1.82) is 0 Å². The topological polar surface area (TPSA) is 158 Å². The molecule has 0 atom stereocenters. The third kappa shape index (κ3) is 4.24. The van der Waals surface area contributed by atoms with Crippen molar-refractivity contribution in [3.63, 3.8) is 0 Å². The van der Waals surface area contributed by atoms with Crippen LogP contribution in [0.25, 0.3) is 11.4 Å². The maximum atomic E-state index is 12.2. The second-order valence-electron chi connectivity index (χ2n) is 5.79. The van der Waals surface area contributed by atoms with Crippen molar-refractivity contribution in [3.05, 3.63) is 30.4 Å². The zero-order valence-corrected chi connectivity index (χ0v) is 16.6. The van der Waals surface area contributed by atoms with E-state index < -0.39 is 12.0 Å². The number of hydrogen-bond acceptors (Lipinski definition) is 10. The molecule has 0 aliphatic rings. The summed E-state index contributed by atoms with van der Waals surface area (Å²) in [5, 5.41) is 19.8. The minimum Gasteiger partial charge on any atom is -0.492 e. The number of methoxy groups -OCH3 is 2. The minimum atomic E-state index is -0.734. The molecule has 0 bridgehead atoms. The summed E-state index contributed by atoms with van der Waals surface area (Å²) in [6, 6.07) is 3.12.